The van der Waals surface area contributed by atoms with E-state index in [2.05, 4.69) is 15.9 Å². The average molecular weight is 289 g/mol. The van der Waals surface area contributed by atoms with Gasteiger partial charge in [-0.3, -0.25) is 4.79 Å². The number of benzene rings is 1. The minimum absolute atomic E-state index is 0.126. The van der Waals surface area contributed by atoms with Gasteiger partial charge in [0.15, 0.2) is 5.78 Å². The highest BCUT2D eigenvalue weighted by Gasteiger charge is 1.99. The molecule has 0 atom stereocenters. The Balaban J connectivity index is -0.000000245. The van der Waals surface area contributed by atoms with E-state index in [4.69, 9.17) is 0 Å². The number of hydrogen-bond acceptors (Lipinski definition) is 1. The number of ketones is 1. The molecule has 0 amide bonds. The van der Waals surface area contributed by atoms with Crippen LogP contribution in [0.15, 0.2) is 30.3 Å². The number of carbonyl (C=O) groups excluding carboxylic acids is 1. The topological polar surface area (TPSA) is 17.1 Å². The molecule has 16 heavy (non-hydrogen) atoms. The van der Waals surface area contributed by atoms with E-state index in [1.54, 1.807) is 0 Å². The normalized spacial score (nSPS) is 6.94. The van der Waals surface area contributed by atoms with Crippen LogP contribution in [0.1, 0.15) is 51.9 Å². The lowest BCUT2D eigenvalue weighted by Crippen LogP contribution is -1.98. The molecule has 0 saturated carbocycles. The van der Waals surface area contributed by atoms with Crippen molar-refractivity contribution in [3.8, 4) is 0 Å². The van der Waals surface area contributed by atoms with E-state index in [1.807, 2.05) is 71.9 Å². The third-order valence-corrected chi connectivity index (χ3v) is 1.73. The van der Waals surface area contributed by atoms with Crippen molar-refractivity contribution in [1.29, 1.82) is 0 Å². The van der Waals surface area contributed by atoms with E-state index in [1.165, 1.54) is 0 Å². The molecule has 0 bridgehead atoms. The Morgan fingerprint density at radius 1 is 0.938 bits per heavy atom. The summed E-state index contributed by atoms with van der Waals surface area (Å²) in [4.78, 5) is 11.0. The van der Waals surface area contributed by atoms with Crippen LogP contribution in [-0.4, -0.2) is 11.1 Å². The van der Waals surface area contributed by atoms with Crippen molar-refractivity contribution in [3.63, 3.8) is 0 Å². The van der Waals surface area contributed by atoms with Crippen molar-refractivity contribution < 1.29 is 4.79 Å². The maximum absolute atomic E-state index is 11.0. The number of halogens is 1. The van der Waals surface area contributed by atoms with Crippen LogP contribution < -0.4 is 0 Å². The van der Waals surface area contributed by atoms with Crippen LogP contribution in [0.2, 0.25) is 0 Å². The Bertz CT molecular complexity index is 219. The summed E-state index contributed by atoms with van der Waals surface area (Å²) in [5.41, 5.74) is 0.763. The van der Waals surface area contributed by atoms with Crippen LogP contribution >= 0.6 is 15.9 Å². The lowest BCUT2D eigenvalue weighted by molar-refractivity contribution is 0.102. The molecule has 0 unspecified atom stereocenters. The molecule has 0 N–H and O–H groups in total. The largest absolute Gasteiger partial charge is 0.293 e. The fraction of sp³-hybridized carbons (Fsp3) is 0.500. The first kappa shape index (κ1) is 20.7. The number of hydrogen-bond donors (Lipinski definition) is 0. The highest BCUT2D eigenvalue weighted by atomic mass is 79.9. The third-order valence-electron chi connectivity index (χ3n) is 1.22. The summed E-state index contributed by atoms with van der Waals surface area (Å²) in [6, 6.07) is 9.23. The van der Waals surface area contributed by atoms with Crippen LogP contribution in [0.5, 0.6) is 0 Å². The van der Waals surface area contributed by atoms with Crippen LogP contribution in [0, 0.1) is 0 Å². The molecule has 1 nitrogen and oxygen atoms in total. The van der Waals surface area contributed by atoms with Crippen LogP contribution in [0.4, 0.5) is 0 Å². The lowest BCUT2D eigenvalue weighted by atomic mass is 10.2. The molecule has 0 aliphatic heterocycles. The summed E-state index contributed by atoms with van der Waals surface area (Å²) in [7, 11) is 0. The first-order chi connectivity index (χ1) is 7.84. The van der Waals surface area contributed by atoms with E-state index in [-0.39, 0.29) is 5.78 Å². The first-order valence-electron chi connectivity index (χ1n) is 5.99. The second kappa shape index (κ2) is 19.9. The van der Waals surface area contributed by atoms with Crippen molar-refractivity contribution in [2.75, 3.05) is 5.33 Å². The van der Waals surface area contributed by atoms with Crippen molar-refractivity contribution in [1.82, 2.24) is 0 Å². The van der Waals surface area contributed by atoms with Gasteiger partial charge in [-0.2, -0.15) is 0 Å². The minimum Gasteiger partial charge on any atom is -0.293 e. The maximum atomic E-state index is 11.0. The first-order valence-corrected chi connectivity index (χ1v) is 7.11. The van der Waals surface area contributed by atoms with Gasteiger partial charge in [-0.25, -0.2) is 0 Å². The highest BCUT2D eigenvalue weighted by molar-refractivity contribution is 9.09. The number of Topliss-reactive ketones (excluding diaryl/α,β-unsaturated/α-hetero) is 1. The molecular formula is C14H25BrO. The monoisotopic (exact) mass is 288 g/mol. The number of alkyl halides is 1. The van der Waals surface area contributed by atoms with Crippen molar-refractivity contribution in [2.24, 2.45) is 0 Å². The molecule has 94 valence electrons. The van der Waals surface area contributed by atoms with Crippen molar-refractivity contribution >= 4 is 21.7 Å². The molecule has 1 rings (SSSR count). The zero-order valence-corrected chi connectivity index (χ0v) is 13.0. The summed E-state index contributed by atoms with van der Waals surface area (Å²) in [5.74, 6) is 0.126. The van der Waals surface area contributed by atoms with Crippen molar-refractivity contribution in [2.45, 2.75) is 41.5 Å². The fourth-order valence-corrected chi connectivity index (χ4v) is 1.02. The third kappa shape index (κ3) is 11.4. The van der Waals surface area contributed by atoms with E-state index in [0.717, 1.165) is 5.56 Å². The molecule has 0 heterocycles. The quantitative estimate of drug-likeness (QED) is 0.530. The zero-order chi connectivity index (χ0) is 13.4. The number of rotatable bonds is 2. The van der Waals surface area contributed by atoms with E-state index in [9.17, 15) is 4.79 Å². The van der Waals surface area contributed by atoms with Gasteiger partial charge in [0.25, 0.3) is 0 Å². The van der Waals surface area contributed by atoms with E-state index < -0.39 is 0 Å². The Morgan fingerprint density at radius 2 is 1.31 bits per heavy atom. The van der Waals surface area contributed by atoms with Gasteiger partial charge in [-0.1, -0.05) is 87.8 Å². The summed E-state index contributed by atoms with van der Waals surface area (Å²) >= 11 is 3.10. The van der Waals surface area contributed by atoms with Crippen LogP contribution in [0.3, 0.4) is 0 Å². The Hall–Kier alpha value is -0.630. The molecule has 0 radical (unpaired) electrons. The number of carbonyl (C=O) groups is 1. The predicted molar refractivity (Wildman–Crippen MR) is 78.6 cm³/mol. The molecule has 2 heteroatoms. The maximum Gasteiger partial charge on any atom is 0.173 e. The molecule has 0 aliphatic rings. The summed E-state index contributed by atoms with van der Waals surface area (Å²) in [6.45, 7) is 12.0. The summed E-state index contributed by atoms with van der Waals surface area (Å²) in [6.07, 6.45) is 0. The molecular weight excluding hydrogens is 264 g/mol. The molecule has 1 aromatic rings. The highest BCUT2D eigenvalue weighted by Crippen LogP contribution is 2.01. The molecule has 0 fully saturated rings. The smallest absolute Gasteiger partial charge is 0.173 e. The van der Waals surface area contributed by atoms with Gasteiger partial charge in [0.05, 0.1) is 5.33 Å². The van der Waals surface area contributed by atoms with Crippen molar-refractivity contribution in [3.05, 3.63) is 35.9 Å². The predicted octanol–water partition coefficient (Wildman–Crippen LogP) is 5.34. The van der Waals surface area contributed by atoms with Gasteiger partial charge >= 0.3 is 0 Å². The van der Waals surface area contributed by atoms with Crippen LogP contribution in [-0.2, 0) is 0 Å². The second-order valence-corrected chi connectivity index (χ2v) is 2.48. The van der Waals surface area contributed by atoms with Gasteiger partial charge in [-0.15, -0.1) is 0 Å². The molecule has 1 aromatic carbocycles. The SMILES string of the molecule is CC.CC.CC.O=C(CBr)c1ccccc1. The van der Waals surface area contributed by atoms with Gasteiger partial charge in [0.2, 0.25) is 0 Å². The summed E-state index contributed by atoms with van der Waals surface area (Å²) < 4.78 is 0. The summed E-state index contributed by atoms with van der Waals surface area (Å²) in [5, 5.41) is 0.400. The van der Waals surface area contributed by atoms with E-state index in [0.29, 0.717) is 5.33 Å². The zero-order valence-electron chi connectivity index (χ0n) is 11.4. The lowest BCUT2D eigenvalue weighted by Gasteiger charge is -1.92. The van der Waals surface area contributed by atoms with Gasteiger partial charge < -0.3 is 0 Å². The molecule has 0 aromatic heterocycles. The van der Waals surface area contributed by atoms with Gasteiger partial charge in [0.1, 0.15) is 0 Å². The fourth-order valence-electron chi connectivity index (χ4n) is 0.701. The Kier molecular flexibility index (Phi) is 25.8. The van der Waals surface area contributed by atoms with Gasteiger partial charge in [-0.05, 0) is 0 Å². The Labute approximate surface area is 109 Å². The van der Waals surface area contributed by atoms with Gasteiger partial charge in [0, 0.05) is 5.56 Å². The van der Waals surface area contributed by atoms with E-state index >= 15 is 0 Å². The Morgan fingerprint density at radius 3 is 1.62 bits per heavy atom. The minimum atomic E-state index is 0.126. The standard InChI is InChI=1S/C8H7BrO.3C2H6/c9-6-8(10)7-4-2-1-3-5-7;3*1-2/h1-5H,6H2;3*1-2H3. The second-order valence-electron chi connectivity index (χ2n) is 1.92. The molecule has 0 aliphatic carbocycles. The van der Waals surface area contributed by atoms with Crippen LogP contribution in [0.25, 0.3) is 0 Å². The molecule has 0 saturated heterocycles. The molecule has 0 spiro atoms. The average Bonchev–Trinajstić information content (AvgIpc) is 2.45.